The van der Waals surface area contributed by atoms with Crippen molar-refractivity contribution in [2.45, 2.75) is 12.3 Å². The number of benzene rings is 1. The lowest BCUT2D eigenvalue weighted by molar-refractivity contribution is 0.628. The highest BCUT2D eigenvalue weighted by atomic mass is 32.1. The Morgan fingerprint density at radius 3 is 2.72 bits per heavy atom. The molecule has 1 aromatic carbocycles. The SMILES string of the molecule is O=c1[nH]sc(-c2ccc(F)cc2)c1C1CCNC1. The molecule has 1 aliphatic heterocycles. The fourth-order valence-electron chi connectivity index (χ4n) is 2.40. The summed E-state index contributed by atoms with van der Waals surface area (Å²) in [4.78, 5) is 12.9. The van der Waals surface area contributed by atoms with Crippen molar-refractivity contribution in [3.63, 3.8) is 0 Å². The quantitative estimate of drug-likeness (QED) is 0.874. The van der Waals surface area contributed by atoms with E-state index in [-0.39, 0.29) is 17.3 Å². The van der Waals surface area contributed by atoms with Crippen LogP contribution in [-0.4, -0.2) is 17.5 Å². The second-order valence-corrected chi connectivity index (χ2v) is 5.29. The van der Waals surface area contributed by atoms with Gasteiger partial charge < -0.3 is 5.32 Å². The largest absolute Gasteiger partial charge is 0.316 e. The van der Waals surface area contributed by atoms with Crippen LogP contribution in [0, 0.1) is 5.82 Å². The molecule has 3 nitrogen and oxygen atoms in total. The molecule has 1 fully saturated rings. The number of hydrogen-bond acceptors (Lipinski definition) is 3. The molecule has 0 radical (unpaired) electrons. The topological polar surface area (TPSA) is 44.9 Å². The highest BCUT2D eigenvalue weighted by Crippen LogP contribution is 2.32. The second-order valence-electron chi connectivity index (χ2n) is 4.47. The van der Waals surface area contributed by atoms with Crippen LogP contribution < -0.4 is 10.9 Å². The van der Waals surface area contributed by atoms with E-state index in [1.807, 2.05) is 0 Å². The number of hydrogen-bond donors (Lipinski definition) is 2. The van der Waals surface area contributed by atoms with Gasteiger partial charge in [-0.3, -0.25) is 9.17 Å². The van der Waals surface area contributed by atoms with Gasteiger partial charge in [-0.05, 0) is 30.7 Å². The molecule has 5 heteroatoms. The van der Waals surface area contributed by atoms with E-state index in [9.17, 15) is 9.18 Å². The van der Waals surface area contributed by atoms with Crippen LogP contribution in [0.25, 0.3) is 10.4 Å². The lowest BCUT2D eigenvalue weighted by Gasteiger charge is -2.07. The molecule has 2 aromatic rings. The zero-order chi connectivity index (χ0) is 12.5. The molecular formula is C13H13FN2OS. The van der Waals surface area contributed by atoms with Crippen LogP contribution in [0.5, 0.6) is 0 Å². The van der Waals surface area contributed by atoms with Crippen molar-refractivity contribution in [1.82, 2.24) is 9.69 Å². The Labute approximate surface area is 108 Å². The number of aromatic amines is 1. The Morgan fingerprint density at radius 2 is 2.06 bits per heavy atom. The summed E-state index contributed by atoms with van der Waals surface area (Å²) in [5, 5.41) is 3.27. The van der Waals surface area contributed by atoms with Crippen molar-refractivity contribution < 1.29 is 4.39 Å². The highest BCUT2D eigenvalue weighted by Gasteiger charge is 2.24. The summed E-state index contributed by atoms with van der Waals surface area (Å²) in [7, 11) is 0. The molecule has 1 aliphatic rings. The maximum absolute atomic E-state index is 12.9. The highest BCUT2D eigenvalue weighted by molar-refractivity contribution is 7.09. The minimum Gasteiger partial charge on any atom is -0.316 e. The zero-order valence-corrected chi connectivity index (χ0v) is 10.5. The van der Waals surface area contributed by atoms with E-state index in [0.29, 0.717) is 0 Å². The average molecular weight is 264 g/mol. The Kier molecular flexibility index (Phi) is 3.01. The second kappa shape index (κ2) is 4.66. The van der Waals surface area contributed by atoms with Crippen molar-refractivity contribution in [3.8, 4) is 10.4 Å². The molecule has 0 spiro atoms. The number of nitrogens with one attached hydrogen (secondary N) is 2. The maximum Gasteiger partial charge on any atom is 0.262 e. The molecule has 2 heterocycles. The number of H-pyrrole nitrogens is 1. The minimum absolute atomic E-state index is 0.00646. The van der Waals surface area contributed by atoms with Gasteiger partial charge in [0.25, 0.3) is 5.56 Å². The van der Waals surface area contributed by atoms with Gasteiger partial charge >= 0.3 is 0 Å². The molecule has 0 bridgehead atoms. The van der Waals surface area contributed by atoms with Crippen LogP contribution in [0.3, 0.4) is 0 Å². The molecule has 1 unspecified atom stereocenters. The average Bonchev–Trinajstić information content (AvgIpc) is 2.99. The zero-order valence-electron chi connectivity index (χ0n) is 9.70. The smallest absolute Gasteiger partial charge is 0.262 e. The van der Waals surface area contributed by atoms with E-state index in [0.717, 1.165) is 35.5 Å². The van der Waals surface area contributed by atoms with Crippen molar-refractivity contribution in [3.05, 3.63) is 46.0 Å². The summed E-state index contributed by atoms with van der Waals surface area (Å²) in [5.74, 6) is 0.00534. The number of halogens is 1. The van der Waals surface area contributed by atoms with Crippen molar-refractivity contribution >= 4 is 11.5 Å². The molecule has 2 N–H and O–H groups in total. The van der Waals surface area contributed by atoms with Crippen molar-refractivity contribution in [2.75, 3.05) is 13.1 Å². The van der Waals surface area contributed by atoms with Gasteiger partial charge in [0.15, 0.2) is 0 Å². The molecular weight excluding hydrogens is 251 g/mol. The Hall–Kier alpha value is -1.46. The third-order valence-electron chi connectivity index (χ3n) is 3.31. The van der Waals surface area contributed by atoms with Crippen LogP contribution in [-0.2, 0) is 0 Å². The molecule has 18 heavy (non-hydrogen) atoms. The monoisotopic (exact) mass is 264 g/mol. The summed E-state index contributed by atoms with van der Waals surface area (Å²) < 4.78 is 15.7. The lowest BCUT2D eigenvalue weighted by Crippen LogP contribution is -2.14. The van der Waals surface area contributed by atoms with Crippen LogP contribution >= 0.6 is 11.5 Å². The Morgan fingerprint density at radius 1 is 1.28 bits per heavy atom. The summed E-state index contributed by atoms with van der Waals surface area (Å²) in [6, 6.07) is 6.30. The van der Waals surface area contributed by atoms with Crippen molar-refractivity contribution in [2.24, 2.45) is 0 Å². The van der Waals surface area contributed by atoms with E-state index >= 15 is 0 Å². The molecule has 1 atom stereocenters. The molecule has 1 saturated heterocycles. The van der Waals surface area contributed by atoms with E-state index in [1.165, 1.54) is 23.7 Å². The fourth-order valence-corrected chi connectivity index (χ4v) is 3.33. The first-order chi connectivity index (χ1) is 8.75. The van der Waals surface area contributed by atoms with Crippen LogP contribution in [0.4, 0.5) is 4.39 Å². The molecule has 0 aliphatic carbocycles. The normalized spacial score (nSPS) is 19.3. The first-order valence-electron chi connectivity index (χ1n) is 5.94. The predicted octanol–water partition coefficient (Wildman–Crippen LogP) is 2.32. The first kappa shape index (κ1) is 11.6. The first-order valence-corrected chi connectivity index (χ1v) is 6.75. The number of aromatic nitrogens is 1. The van der Waals surface area contributed by atoms with Gasteiger partial charge in [0.2, 0.25) is 0 Å². The Balaban J connectivity index is 2.06. The van der Waals surface area contributed by atoms with Gasteiger partial charge in [-0.1, -0.05) is 23.7 Å². The fraction of sp³-hybridized carbons (Fsp3) is 0.308. The van der Waals surface area contributed by atoms with Gasteiger partial charge in [-0.25, -0.2) is 4.39 Å². The molecule has 94 valence electrons. The minimum atomic E-state index is -0.259. The third-order valence-corrected chi connectivity index (χ3v) is 4.26. The van der Waals surface area contributed by atoms with Gasteiger partial charge in [0, 0.05) is 18.0 Å². The summed E-state index contributed by atoms with van der Waals surface area (Å²) in [6.07, 6.45) is 0.980. The van der Waals surface area contributed by atoms with E-state index in [2.05, 4.69) is 9.69 Å². The predicted molar refractivity (Wildman–Crippen MR) is 70.6 cm³/mol. The summed E-state index contributed by atoms with van der Waals surface area (Å²) in [5.41, 5.74) is 1.74. The van der Waals surface area contributed by atoms with Gasteiger partial charge in [0.1, 0.15) is 5.82 Å². The standard InChI is InChI=1S/C13H13FN2OS/c14-10-3-1-8(2-4-10)12-11(13(17)16-18-12)9-5-6-15-7-9/h1-4,9,15H,5-7H2,(H,16,17). The van der Waals surface area contributed by atoms with Crippen LogP contribution in [0.2, 0.25) is 0 Å². The molecule has 3 rings (SSSR count). The summed E-state index contributed by atoms with van der Waals surface area (Å²) in [6.45, 7) is 1.79. The molecule has 1 aromatic heterocycles. The molecule has 0 amide bonds. The van der Waals surface area contributed by atoms with Gasteiger partial charge in [-0.15, -0.1) is 0 Å². The van der Waals surface area contributed by atoms with Gasteiger partial charge in [-0.2, -0.15) is 0 Å². The van der Waals surface area contributed by atoms with E-state index in [1.54, 1.807) is 12.1 Å². The molecule has 0 saturated carbocycles. The Bertz CT molecular complexity index is 596. The van der Waals surface area contributed by atoms with E-state index in [4.69, 9.17) is 0 Å². The third kappa shape index (κ3) is 2.00. The number of rotatable bonds is 2. The van der Waals surface area contributed by atoms with Crippen molar-refractivity contribution in [1.29, 1.82) is 0 Å². The maximum atomic E-state index is 12.9. The van der Waals surface area contributed by atoms with E-state index < -0.39 is 0 Å². The van der Waals surface area contributed by atoms with Crippen LogP contribution in [0.1, 0.15) is 17.9 Å². The van der Waals surface area contributed by atoms with Crippen LogP contribution in [0.15, 0.2) is 29.1 Å². The van der Waals surface area contributed by atoms with Gasteiger partial charge in [0.05, 0.1) is 4.88 Å². The lowest BCUT2D eigenvalue weighted by atomic mass is 9.97. The summed E-state index contributed by atoms with van der Waals surface area (Å²) >= 11 is 1.33.